The zero-order valence-electron chi connectivity index (χ0n) is 22.1. The Morgan fingerprint density at radius 1 is 0.857 bits per heavy atom. The highest BCUT2D eigenvalue weighted by Gasteiger charge is 2.15. The molecule has 0 heterocycles. The maximum absolute atomic E-state index is 12.5. The van der Waals surface area contributed by atoms with E-state index in [1.165, 1.54) is 36.5 Å². The summed E-state index contributed by atoms with van der Waals surface area (Å²) in [5.74, 6) is -1.03. The van der Waals surface area contributed by atoms with Crippen LogP contribution in [0.3, 0.4) is 0 Å². The number of benzene rings is 4. The number of amides is 2. The average molecular weight is 631 g/mol. The van der Waals surface area contributed by atoms with Crippen LogP contribution in [-0.4, -0.2) is 35.5 Å². The van der Waals surface area contributed by atoms with Gasteiger partial charge in [0.25, 0.3) is 17.5 Å². The van der Waals surface area contributed by atoms with Gasteiger partial charge in [-0.25, -0.2) is 10.2 Å². The van der Waals surface area contributed by atoms with Crippen LogP contribution in [0.15, 0.2) is 101 Å². The molecule has 0 atom stereocenters. The van der Waals surface area contributed by atoms with Crippen molar-refractivity contribution in [2.24, 2.45) is 5.10 Å². The number of nitro benzene ring substituents is 1. The molecular weight excluding hydrogens is 608 g/mol. The van der Waals surface area contributed by atoms with Crippen molar-refractivity contribution in [2.45, 2.75) is 6.92 Å². The van der Waals surface area contributed by atoms with Crippen LogP contribution in [-0.2, 0) is 0 Å². The van der Waals surface area contributed by atoms with E-state index in [-0.39, 0.29) is 28.7 Å². The number of anilines is 1. The van der Waals surface area contributed by atoms with Gasteiger partial charge in [-0.05, 0) is 91.3 Å². The lowest BCUT2D eigenvalue weighted by Gasteiger charge is -2.11. The highest BCUT2D eigenvalue weighted by molar-refractivity contribution is 9.10. The van der Waals surface area contributed by atoms with E-state index in [2.05, 4.69) is 31.8 Å². The Labute approximate surface area is 248 Å². The lowest BCUT2D eigenvalue weighted by molar-refractivity contribution is -0.384. The SMILES string of the molecule is CCOc1cc(/C=N\NC(=O)c2ccc(NC(=O)c3ccc(Br)cc3)cc2)ccc1OC(=O)c1ccc([N+](=O)[O-])cc1. The van der Waals surface area contributed by atoms with Gasteiger partial charge < -0.3 is 14.8 Å². The van der Waals surface area contributed by atoms with Crippen molar-refractivity contribution < 1.29 is 28.8 Å². The summed E-state index contributed by atoms with van der Waals surface area (Å²) < 4.78 is 11.9. The Balaban J connectivity index is 1.35. The molecule has 12 heteroatoms. The van der Waals surface area contributed by atoms with Crippen LogP contribution in [0, 0.1) is 10.1 Å². The average Bonchev–Trinajstić information content (AvgIpc) is 2.99. The predicted octanol–water partition coefficient (Wildman–Crippen LogP) is 5.99. The minimum absolute atomic E-state index is 0.136. The Morgan fingerprint density at radius 2 is 1.48 bits per heavy atom. The highest BCUT2D eigenvalue weighted by atomic mass is 79.9. The summed E-state index contributed by atoms with van der Waals surface area (Å²) in [6, 6.07) is 23.0. The molecule has 0 saturated carbocycles. The van der Waals surface area contributed by atoms with Crippen LogP contribution in [0.2, 0.25) is 0 Å². The van der Waals surface area contributed by atoms with E-state index in [4.69, 9.17) is 9.47 Å². The molecular formula is C30H23BrN4O7. The lowest BCUT2D eigenvalue weighted by Crippen LogP contribution is -2.18. The van der Waals surface area contributed by atoms with E-state index < -0.39 is 16.8 Å². The third kappa shape index (κ3) is 7.86. The quantitative estimate of drug-likeness (QED) is 0.0718. The number of nitro groups is 1. The molecule has 2 N–H and O–H groups in total. The van der Waals surface area contributed by atoms with Gasteiger partial charge in [0.05, 0.1) is 23.3 Å². The van der Waals surface area contributed by atoms with Gasteiger partial charge in [0.15, 0.2) is 11.5 Å². The van der Waals surface area contributed by atoms with Crippen molar-refractivity contribution in [1.82, 2.24) is 5.43 Å². The molecule has 4 aromatic rings. The lowest BCUT2D eigenvalue weighted by atomic mass is 10.1. The first-order chi connectivity index (χ1) is 20.2. The number of halogens is 1. The fourth-order valence-electron chi connectivity index (χ4n) is 3.58. The summed E-state index contributed by atoms with van der Waals surface area (Å²) in [5.41, 5.74) is 4.34. The number of non-ortho nitro benzene ring substituents is 1. The van der Waals surface area contributed by atoms with E-state index in [1.54, 1.807) is 67.6 Å². The summed E-state index contributed by atoms with van der Waals surface area (Å²) in [6.45, 7) is 2.05. The molecule has 4 aromatic carbocycles. The second kappa shape index (κ2) is 13.8. The maximum atomic E-state index is 12.5. The number of hydrazone groups is 1. The van der Waals surface area contributed by atoms with Crippen LogP contribution in [0.5, 0.6) is 11.5 Å². The van der Waals surface area contributed by atoms with Gasteiger partial charge in [-0.1, -0.05) is 15.9 Å². The van der Waals surface area contributed by atoms with Crippen molar-refractivity contribution in [1.29, 1.82) is 0 Å². The van der Waals surface area contributed by atoms with Crippen molar-refractivity contribution in [2.75, 3.05) is 11.9 Å². The molecule has 2 amide bonds. The Bertz CT molecular complexity index is 1640. The number of nitrogens with zero attached hydrogens (tertiary/aromatic N) is 2. The highest BCUT2D eigenvalue weighted by Crippen LogP contribution is 2.29. The molecule has 212 valence electrons. The molecule has 0 bridgehead atoms. The first-order valence-electron chi connectivity index (χ1n) is 12.5. The summed E-state index contributed by atoms with van der Waals surface area (Å²) >= 11 is 3.33. The fourth-order valence-corrected chi connectivity index (χ4v) is 3.84. The molecule has 0 aromatic heterocycles. The van der Waals surface area contributed by atoms with E-state index >= 15 is 0 Å². The van der Waals surface area contributed by atoms with Gasteiger partial charge in [-0.3, -0.25) is 19.7 Å². The third-order valence-corrected chi connectivity index (χ3v) is 6.20. The van der Waals surface area contributed by atoms with Gasteiger partial charge in [0, 0.05) is 33.4 Å². The Hall–Kier alpha value is -5.36. The number of nitrogens with one attached hydrogen (secondary N) is 2. The van der Waals surface area contributed by atoms with Crippen LogP contribution in [0.25, 0.3) is 0 Å². The number of esters is 1. The number of hydrogen-bond acceptors (Lipinski definition) is 8. The number of carbonyl (C=O) groups excluding carboxylic acids is 3. The van der Waals surface area contributed by atoms with Crippen molar-refractivity contribution in [3.05, 3.63) is 128 Å². The zero-order valence-corrected chi connectivity index (χ0v) is 23.7. The van der Waals surface area contributed by atoms with Gasteiger partial charge in [-0.2, -0.15) is 5.10 Å². The normalized spacial score (nSPS) is 10.6. The molecule has 0 aliphatic carbocycles. The van der Waals surface area contributed by atoms with Gasteiger partial charge in [-0.15, -0.1) is 0 Å². The standard InChI is InChI=1S/C30H23BrN4O7/c1-2-41-27-17-19(3-16-26(27)42-30(38)22-8-14-25(15-9-22)35(39)40)18-32-34-29(37)21-6-12-24(13-7-21)33-28(36)20-4-10-23(31)11-5-20/h3-18H,2H2,1H3,(H,33,36)(H,34,37)/b32-18-. The topological polar surface area (TPSA) is 149 Å². The van der Waals surface area contributed by atoms with Crippen molar-refractivity contribution >= 4 is 51.3 Å². The van der Waals surface area contributed by atoms with Crippen LogP contribution >= 0.6 is 15.9 Å². The van der Waals surface area contributed by atoms with E-state index in [0.717, 1.165) is 4.47 Å². The van der Waals surface area contributed by atoms with Crippen LogP contribution in [0.4, 0.5) is 11.4 Å². The molecule has 11 nitrogen and oxygen atoms in total. The first-order valence-corrected chi connectivity index (χ1v) is 13.3. The minimum Gasteiger partial charge on any atom is -0.490 e. The summed E-state index contributed by atoms with van der Waals surface area (Å²) in [7, 11) is 0. The second-order valence-corrected chi connectivity index (χ2v) is 9.49. The molecule has 0 spiro atoms. The smallest absolute Gasteiger partial charge is 0.343 e. The van der Waals surface area contributed by atoms with Crippen LogP contribution in [0.1, 0.15) is 43.6 Å². The largest absolute Gasteiger partial charge is 0.490 e. The van der Waals surface area contributed by atoms with Gasteiger partial charge in [0.1, 0.15) is 0 Å². The zero-order chi connectivity index (χ0) is 30.1. The van der Waals surface area contributed by atoms with Gasteiger partial charge in [0.2, 0.25) is 0 Å². The van der Waals surface area contributed by atoms with E-state index in [1.807, 2.05) is 0 Å². The molecule has 0 radical (unpaired) electrons. The third-order valence-electron chi connectivity index (χ3n) is 5.68. The van der Waals surface area contributed by atoms with E-state index in [9.17, 15) is 24.5 Å². The summed E-state index contributed by atoms with van der Waals surface area (Å²) in [6.07, 6.45) is 1.40. The minimum atomic E-state index is -0.710. The number of carbonyl (C=O) groups is 3. The van der Waals surface area contributed by atoms with Crippen LogP contribution < -0.4 is 20.2 Å². The molecule has 42 heavy (non-hydrogen) atoms. The second-order valence-electron chi connectivity index (χ2n) is 8.57. The number of ether oxygens (including phenoxy) is 2. The molecule has 4 rings (SSSR count). The molecule has 0 fully saturated rings. The predicted molar refractivity (Wildman–Crippen MR) is 159 cm³/mol. The maximum Gasteiger partial charge on any atom is 0.343 e. The summed E-state index contributed by atoms with van der Waals surface area (Å²) in [4.78, 5) is 47.7. The number of rotatable bonds is 10. The molecule has 0 saturated heterocycles. The molecule has 0 unspecified atom stereocenters. The Kier molecular flexibility index (Phi) is 9.74. The van der Waals surface area contributed by atoms with Gasteiger partial charge >= 0.3 is 5.97 Å². The van der Waals surface area contributed by atoms with Crippen molar-refractivity contribution in [3.8, 4) is 11.5 Å². The Morgan fingerprint density at radius 3 is 2.12 bits per heavy atom. The first kappa shape index (κ1) is 29.6. The fraction of sp³-hybridized carbons (Fsp3) is 0.0667. The van der Waals surface area contributed by atoms with E-state index in [0.29, 0.717) is 29.0 Å². The van der Waals surface area contributed by atoms with Crippen molar-refractivity contribution in [3.63, 3.8) is 0 Å². The molecule has 0 aliphatic heterocycles. The monoisotopic (exact) mass is 630 g/mol. The number of hydrogen-bond donors (Lipinski definition) is 2. The summed E-state index contributed by atoms with van der Waals surface area (Å²) in [5, 5.41) is 17.6. The molecule has 0 aliphatic rings.